The summed E-state index contributed by atoms with van der Waals surface area (Å²) in [6, 6.07) is 9.83. The minimum Gasteiger partial charge on any atom is -0.438 e. The summed E-state index contributed by atoms with van der Waals surface area (Å²) in [7, 11) is 0. The Balaban J connectivity index is 1.63. The van der Waals surface area contributed by atoms with Crippen molar-refractivity contribution in [1.82, 2.24) is 0 Å². The maximum Gasteiger partial charge on any atom is 0.261 e. The Hall–Kier alpha value is -3.11. The van der Waals surface area contributed by atoms with Crippen LogP contribution in [0, 0.1) is 28.1 Å². The zero-order chi connectivity index (χ0) is 24.6. The molecule has 1 aromatic carbocycles. The lowest BCUT2D eigenvalue weighted by atomic mass is 9.72. The molecule has 7 heteroatoms. The topological polar surface area (TPSA) is 93.1 Å². The molecule has 0 saturated heterocycles. The average molecular weight is 477 g/mol. The number of nitrogens with one attached hydrogen (secondary N) is 2. The number of rotatable bonds is 5. The molecule has 0 radical (unpaired) electrons. The number of carbonyl (C=O) groups is 1. The summed E-state index contributed by atoms with van der Waals surface area (Å²) < 4.78 is 5.74. The number of amides is 1. The van der Waals surface area contributed by atoms with Gasteiger partial charge in [0.05, 0.1) is 5.56 Å². The third-order valence-electron chi connectivity index (χ3n) is 6.96. The Morgan fingerprint density at radius 1 is 1.29 bits per heavy atom. The van der Waals surface area contributed by atoms with Gasteiger partial charge < -0.3 is 14.6 Å². The number of benzene rings is 1. The van der Waals surface area contributed by atoms with Crippen molar-refractivity contribution in [1.29, 1.82) is 10.7 Å². The molecule has 1 aliphatic rings. The minimum absolute atomic E-state index is 0.158. The fraction of sp³-hybridized carbons (Fsp3) is 0.444. The van der Waals surface area contributed by atoms with E-state index in [1.807, 2.05) is 18.2 Å². The second-order valence-electron chi connectivity index (χ2n) is 9.96. The van der Waals surface area contributed by atoms with E-state index in [0.29, 0.717) is 22.1 Å². The van der Waals surface area contributed by atoms with Gasteiger partial charge in [0, 0.05) is 35.1 Å². The number of hydrogen-bond acceptors (Lipinski definition) is 6. The van der Waals surface area contributed by atoms with Crippen LogP contribution in [-0.2, 0) is 12.8 Å². The van der Waals surface area contributed by atoms with Crippen molar-refractivity contribution in [2.24, 2.45) is 11.3 Å². The molecule has 2 aromatic heterocycles. The van der Waals surface area contributed by atoms with Crippen molar-refractivity contribution in [2.75, 3.05) is 23.3 Å². The number of hydrogen-bond donors (Lipinski definition) is 2. The van der Waals surface area contributed by atoms with Gasteiger partial charge in [-0.15, -0.1) is 11.3 Å². The van der Waals surface area contributed by atoms with Gasteiger partial charge in [-0.25, -0.2) is 0 Å². The van der Waals surface area contributed by atoms with Gasteiger partial charge in [-0.2, -0.15) is 5.26 Å². The molecule has 1 unspecified atom stereocenters. The van der Waals surface area contributed by atoms with E-state index in [1.165, 1.54) is 16.2 Å². The number of nitriles is 1. The van der Waals surface area contributed by atoms with Crippen LogP contribution < -0.4 is 15.8 Å². The zero-order valence-electron chi connectivity index (χ0n) is 20.5. The molecule has 4 rings (SSSR count). The SMILES string of the molecule is CCN(CC)c1ccc2cc(C(=O)Nc3sc4c(c3C#N)CCC(C(C)(C)C)C4)c(=N)oc2c1. The van der Waals surface area contributed by atoms with Gasteiger partial charge >= 0.3 is 0 Å². The molecule has 3 aromatic rings. The van der Waals surface area contributed by atoms with Gasteiger partial charge in [0.1, 0.15) is 22.2 Å². The lowest BCUT2D eigenvalue weighted by Gasteiger charge is -2.33. The van der Waals surface area contributed by atoms with Crippen LogP contribution in [0.15, 0.2) is 28.7 Å². The van der Waals surface area contributed by atoms with E-state index in [9.17, 15) is 10.1 Å². The molecule has 2 N–H and O–H groups in total. The quantitative estimate of drug-likeness (QED) is 0.466. The van der Waals surface area contributed by atoms with Crippen molar-refractivity contribution in [3.63, 3.8) is 0 Å². The fourth-order valence-electron chi connectivity index (χ4n) is 4.77. The molecule has 6 nitrogen and oxygen atoms in total. The Kier molecular flexibility index (Phi) is 6.55. The van der Waals surface area contributed by atoms with E-state index in [2.05, 4.69) is 50.9 Å². The van der Waals surface area contributed by atoms with Gasteiger partial charge in [0.25, 0.3) is 5.91 Å². The van der Waals surface area contributed by atoms with Gasteiger partial charge in [0.2, 0.25) is 5.55 Å². The highest BCUT2D eigenvalue weighted by Gasteiger charge is 2.32. The van der Waals surface area contributed by atoms with Gasteiger partial charge in [-0.3, -0.25) is 10.2 Å². The minimum atomic E-state index is -0.425. The molecule has 2 heterocycles. The van der Waals surface area contributed by atoms with E-state index in [0.717, 1.165) is 49.0 Å². The van der Waals surface area contributed by atoms with E-state index in [-0.39, 0.29) is 16.5 Å². The summed E-state index contributed by atoms with van der Waals surface area (Å²) in [6.07, 6.45) is 2.83. The summed E-state index contributed by atoms with van der Waals surface area (Å²) in [5, 5.41) is 22.4. The second kappa shape index (κ2) is 9.27. The van der Waals surface area contributed by atoms with E-state index in [1.54, 1.807) is 6.07 Å². The van der Waals surface area contributed by atoms with E-state index >= 15 is 0 Å². The first-order valence-corrected chi connectivity index (χ1v) is 12.7. The molecular formula is C27H32N4O2S. The molecule has 34 heavy (non-hydrogen) atoms. The van der Waals surface area contributed by atoms with Crippen LogP contribution in [0.3, 0.4) is 0 Å². The first kappa shape index (κ1) is 24.0. The lowest BCUT2D eigenvalue weighted by molar-refractivity contribution is 0.102. The van der Waals surface area contributed by atoms with E-state index in [4.69, 9.17) is 9.83 Å². The van der Waals surface area contributed by atoms with Crippen molar-refractivity contribution in [2.45, 2.75) is 53.9 Å². The Bertz CT molecular complexity index is 1340. The third-order valence-corrected chi connectivity index (χ3v) is 8.13. The standard InChI is InChI=1S/C27H32N4O2S/c1-6-31(7-2)18-10-8-16-12-20(24(29)33-22(16)14-18)25(32)30-26-21(15-28)19-11-9-17(27(3,4)5)13-23(19)34-26/h8,10,12,14,17,29H,6-7,9,11,13H2,1-5H3,(H,30,32). The van der Waals surface area contributed by atoms with Gasteiger partial charge in [0.15, 0.2) is 0 Å². The normalized spacial score (nSPS) is 15.6. The predicted octanol–water partition coefficient (Wildman–Crippen LogP) is 6.09. The summed E-state index contributed by atoms with van der Waals surface area (Å²) in [5.41, 5.74) is 3.41. The number of nitrogens with zero attached hydrogens (tertiary/aromatic N) is 2. The second-order valence-corrected chi connectivity index (χ2v) is 11.1. The van der Waals surface area contributed by atoms with Crippen molar-refractivity contribution in [3.8, 4) is 6.07 Å². The van der Waals surface area contributed by atoms with Crippen molar-refractivity contribution >= 4 is 38.9 Å². The molecule has 0 bridgehead atoms. The first-order chi connectivity index (χ1) is 16.2. The number of thiophene rings is 1. The Labute approximate surface area is 204 Å². The van der Waals surface area contributed by atoms with Gasteiger partial charge in [-0.1, -0.05) is 20.8 Å². The zero-order valence-corrected chi connectivity index (χ0v) is 21.4. The summed E-state index contributed by atoms with van der Waals surface area (Å²) in [4.78, 5) is 16.5. The fourth-order valence-corrected chi connectivity index (χ4v) is 6.05. The maximum absolute atomic E-state index is 13.1. The van der Waals surface area contributed by atoms with Crippen LogP contribution in [0.4, 0.5) is 10.7 Å². The average Bonchev–Trinajstić information content (AvgIpc) is 3.14. The molecular weight excluding hydrogens is 444 g/mol. The smallest absolute Gasteiger partial charge is 0.261 e. The predicted molar refractivity (Wildman–Crippen MR) is 138 cm³/mol. The number of anilines is 2. The van der Waals surface area contributed by atoms with Crippen molar-refractivity contribution < 1.29 is 9.21 Å². The molecule has 0 saturated carbocycles. The summed E-state index contributed by atoms with van der Waals surface area (Å²) >= 11 is 1.50. The van der Waals surface area contributed by atoms with E-state index < -0.39 is 5.91 Å². The molecule has 1 aliphatic carbocycles. The van der Waals surface area contributed by atoms with Crippen LogP contribution in [0.2, 0.25) is 0 Å². The lowest BCUT2D eigenvalue weighted by Crippen LogP contribution is -2.26. The Morgan fingerprint density at radius 2 is 2.03 bits per heavy atom. The van der Waals surface area contributed by atoms with Crippen LogP contribution in [0.1, 0.15) is 67.4 Å². The first-order valence-electron chi connectivity index (χ1n) is 11.9. The summed E-state index contributed by atoms with van der Waals surface area (Å²) in [6.45, 7) is 12.7. The Morgan fingerprint density at radius 3 is 2.68 bits per heavy atom. The molecule has 178 valence electrons. The van der Waals surface area contributed by atoms with Crippen LogP contribution in [-0.4, -0.2) is 19.0 Å². The maximum atomic E-state index is 13.1. The van der Waals surface area contributed by atoms with Crippen molar-refractivity contribution in [3.05, 3.63) is 51.4 Å². The monoisotopic (exact) mass is 476 g/mol. The van der Waals surface area contributed by atoms with Crippen LogP contribution in [0.5, 0.6) is 0 Å². The highest BCUT2D eigenvalue weighted by molar-refractivity contribution is 7.16. The highest BCUT2D eigenvalue weighted by atomic mass is 32.1. The highest BCUT2D eigenvalue weighted by Crippen LogP contribution is 2.44. The van der Waals surface area contributed by atoms with Crippen LogP contribution in [0.25, 0.3) is 11.0 Å². The third kappa shape index (κ3) is 4.47. The molecule has 0 aliphatic heterocycles. The molecule has 1 atom stereocenters. The number of carbonyl (C=O) groups excluding carboxylic acids is 1. The van der Waals surface area contributed by atoms with Gasteiger partial charge in [-0.05, 0) is 68.2 Å². The number of fused-ring (bicyclic) bond motifs is 2. The molecule has 0 spiro atoms. The molecule has 1 amide bonds. The molecule has 0 fully saturated rings. The van der Waals surface area contributed by atoms with Crippen LogP contribution >= 0.6 is 11.3 Å². The largest absolute Gasteiger partial charge is 0.438 e. The summed E-state index contributed by atoms with van der Waals surface area (Å²) in [5.74, 6) is 0.125.